The van der Waals surface area contributed by atoms with Gasteiger partial charge in [0.1, 0.15) is 11.5 Å². The van der Waals surface area contributed by atoms with Gasteiger partial charge in [-0.2, -0.15) is 0 Å². The molecule has 0 aliphatic carbocycles. The summed E-state index contributed by atoms with van der Waals surface area (Å²) in [5.41, 5.74) is 2.24. The molecule has 1 saturated heterocycles. The molecule has 0 N–H and O–H groups in total. The number of aromatic nitrogens is 1. The maximum Gasteiger partial charge on any atom is 0.260 e. The fourth-order valence-electron chi connectivity index (χ4n) is 3.49. The minimum absolute atomic E-state index is 0.0247. The molecule has 1 aliphatic heterocycles. The molecule has 4 rings (SSSR count). The first-order valence-electron chi connectivity index (χ1n) is 10.2. The third-order valence-electron chi connectivity index (χ3n) is 5.40. The predicted octanol–water partition coefficient (Wildman–Crippen LogP) is 4.16. The molecule has 1 amide bonds. The summed E-state index contributed by atoms with van der Waals surface area (Å²) in [6.07, 6.45) is 0. The first-order chi connectivity index (χ1) is 14.5. The highest BCUT2D eigenvalue weighted by atomic mass is 32.1. The molecule has 0 atom stereocenters. The number of fused-ring (bicyclic) bond motifs is 1. The van der Waals surface area contributed by atoms with Crippen molar-refractivity contribution in [3.63, 3.8) is 0 Å². The Morgan fingerprint density at radius 3 is 2.43 bits per heavy atom. The van der Waals surface area contributed by atoms with Gasteiger partial charge in [-0.1, -0.05) is 37.3 Å². The number of carbonyl (C=O) groups is 1. The molecule has 7 heteroatoms. The fraction of sp³-hybridized carbons (Fsp3) is 0.391. The number of methoxy groups -OCH3 is 1. The normalized spacial score (nSPS) is 14.4. The molecule has 2 aromatic carbocycles. The first kappa shape index (κ1) is 20.5. The van der Waals surface area contributed by atoms with E-state index in [1.807, 2.05) is 35.2 Å². The van der Waals surface area contributed by atoms with E-state index in [4.69, 9.17) is 14.5 Å². The first-order valence-corrected chi connectivity index (χ1v) is 11.0. The Bertz CT molecular complexity index is 1010. The van der Waals surface area contributed by atoms with Crippen molar-refractivity contribution in [1.82, 2.24) is 9.88 Å². The van der Waals surface area contributed by atoms with Crippen LogP contribution in [0.4, 0.5) is 5.13 Å². The number of carbonyl (C=O) groups excluding carboxylic acids is 1. The van der Waals surface area contributed by atoms with Crippen LogP contribution in [0, 0.1) is 0 Å². The van der Waals surface area contributed by atoms with E-state index < -0.39 is 0 Å². The zero-order valence-electron chi connectivity index (χ0n) is 17.6. The molecule has 1 aliphatic rings. The summed E-state index contributed by atoms with van der Waals surface area (Å²) in [5, 5.41) is 0.992. The van der Waals surface area contributed by atoms with Gasteiger partial charge >= 0.3 is 0 Å². The molecular formula is C23H27N3O3S. The Morgan fingerprint density at radius 1 is 1.07 bits per heavy atom. The lowest BCUT2D eigenvalue weighted by molar-refractivity contribution is -0.133. The summed E-state index contributed by atoms with van der Waals surface area (Å²) in [4.78, 5) is 21.4. The Labute approximate surface area is 181 Å². The molecule has 1 aromatic heterocycles. The third kappa shape index (κ3) is 4.51. The molecule has 0 bridgehead atoms. The van der Waals surface area contributed by atoms with Crippen molar-refractivity contribution in [3.8, 4) is 11.5 Å². The molecular weight excluding hydrogens is 398 g/mol. The number of amides is 1. The van der Waals surface area contributed by atoms with Crippen molar-refractivity contribution in [2.24, 2.45) is 0 Å². The average molecular weight is 426 g/mol. The topological polar surface area (TPSA) is 54.9 Å². The van der Waals surface area contributed by atoms with Crippen molar-refractivity contribution >= 4 is 32.6 Å². The number of benzene rings is 2. The molecule has 0 radical (unpaired) electrons. The van der Waals surface area contributed by atoms with Crippen LogP contribution >= 0.6 is 11.3 Å². The van der Waals surface area contributed by atoms with Crippen LogP contribution in [-0.4, -0.2) is 55.7 Å². The van der Waals surface area contributed by atoms with Crippen molar-refractivity contribution in [1.29, 1.82) is 0 Å². The van der Waals surface area contributed by atoms with Gasteiger partial charge in [0.25, 0.3) is 5.91 Å². The second kappa shape index (κ2) is 8.92. The van der Waals surface area contributed by atoms with Crippen LogP contribution in [0.1, 0.15) is 25.3 Å². The SMILES string of the molecule is COc1ccc2nc(N3CCN(C(=O)COc4ccc(C(C)C)cc4)CC3)sc2c1. The summed E-state index contributed by atoms with van der Waals surface area (Å²) in [5.74, 6) is 2.08. The van der Waals surface area contributed by atoms with Gasteiger partial charge in [-0.3, -0.25) is 4.79 Å². The minimum Gasteiger partial charge on any atom is -0.497 e. The maximum atomic E-state index is 12.6. The van der Waals surface area contributed by atoms with E-state index >= 15 is 0 Å². The largest absolute Gasteiger partial charge is 0.497 e. The van der Waals surface area contributed by atoms with Crippen LogP contribution in [0.5, 0.6) is 11.5 Å². The van der Waals surface area contributed by atoms with Crippen LogP contribution in [0.3, 0.4) is 0 Å². The van der Waals surface area contributed by atoms with Crippen LogP contribution in [0.2, 0.25) is 0 Å². The maximum absolute atomic E-state index is 12.6. The number of rotatable bonds is 6. The summed E-state index contributed by atoms with van der Waals surface area (Å²) in [7, 11) is 1.67. The monoisotopic (exact) mass is 425 g/mol. The number of nitrogens with zero attached hydrogens (tertiary/aromatic N) is 3. The summed E-state index contributed by atoms with van der Waals surface area (Å²) in [6.45, 7) is 7.27. The predicted molar refractivity (Wildman–Crippen MR) is 121 cm³/mol. The Kier molecular flexibility index (Phi) is 6.08. The fourth-order valence-corrected chi connectivity index (χ4v) is 4.53. The van der Waals surface area contributed by atoms with Gasteiger partial charge in [-0.15, -0.1) is 0 Å². The number of hydrogen-bond donors (Lipinski definition) is 0. The van der Waals surface area contributed by atoms with E-state index in [2.05, 4.69) is 30.9 Å². The lowest BCUT2D eigenvalue weighted by atomic mass is 10.0. The van der Waals surface area contributed by atoms with Crippen LogP contribution < -0.4 is 14.4 Å². The molecule has 1 fully saturated rings. The number of hydrogen-bond acceptors (Lipinski definition) is 6. The Balaban J connectivity index is 1.30. The molecule has 2 heterocycles. The highest BCUT2D eigenvalue weighted by Gasteiger charge is 2.23. The van der Waals surface area contributed by atoms with E-state index in [1.165, 1.54) is 5.56 Å². The second-order valence-corrected chi connectivity index (χ2v) is 8.72. The van der Waals surface area contributed by atoms with Gasteiger partial charge in [0, 0.05) is 26.2 Å². The van der Waals surface area contributed by atoms with E-state index in [9.17, 15) is 4.79 Å². The number of anilines is 1. The summed E-state index contributed by atoms with van der Waals surface area (Å²) in [6, 6.07) is 13.9. The molecule has 0 spiro atoms. The molecule has 0 unspecified atom stereocenters. The molecule has 0 saturated carbocycles. The second-order valence-electron chi connectivity index (χ2n) is 7.71. The zero-order valence-corrected chi connectivity index (χ0v) is 18.4. The van der Waals surface area contributed by atoms with Crippen molar-refractivity contribution in [2.75, 3.05) is 44.8 Å². The van der Waals surface area contributed by atoms with Crippen LogP contribution in [-0.2, 0) is 4.79 Å². The van der Waals surface area contributed by atoms with Gasteiger partial charge in [0.2, 0.25) is 0 Å². The van der Waals surface area contributed by atoms with E-state index in [0.717, 1.165) is 39.9 Å². The molecule has 30 heavy (non-hydrogen) atoms. The smallest absolute Gasteiger partial charge is 0.260 e. The summed E-state index contributed by atoms with van der Waals surface area (Å²) >= 11 is 1.66. The standard InChI is InChI=1S/C23H27N3O3S/c1-16(2)17-4-6-18(7-5-17)29-15-22(27)25-10-12-26(13-11-25)23-24-20-9-8-19(28-3)14-21(20)30-23/h4-9,14,16H,10-13,15H2,1-3H3. The number of piperazine rings is 1. The van der Waals surface area contributed by atoms with Gasteiger partial charge < -0.3 is 19.3 Å². The van der Waals surface area contributed by atoms with Gasteiger partial charge in [0.15, 0.2) is 11.7 Å². The highest BCUT2D eigenvalue weighted by Crippen LogP contribution is 2.31. The van der Waals surface area contributed by atoms with Crippen molar-refractivity contribution < 1.29 is 14.3 Å². The van der Waals surface area contributed by atoms with Gasteiger partial charge in [-0.05, 0) is 41.8 Å². The van der Waals surface area contributed by atoms with E-state index in [-0.39, 0.29) is 12.5 Å². The van der Waals surface area contributed by atoms with E-state index in [0.29, 0.717) is 19.0 Å². The Hall–Kier alpha value is -2.80. The van der Waals surface area contributed by atoms with Crippen LogP contribution in [0.25, 0.3) is 10.2 Å². The van der Waals surface area contributed by atoms with Crippen molar-refractivity contribution in [2.45, 2.75) is 19.8 Å². The lowest BCUT2D eigenvalue weighted by Gasteiger charge is -2.34. The van der Waals surface area contributed by atoms with Crippen molar-refractivity contribution in [3.05, 3.63) is 48.0 Å². The lowest BCUT2D eigenvalue weighted by Crippen LogP contribution is -2.50. The zero-order chi connectivity index (χ0) is 21.1. The third-order valence-corrected chi connectivity index (χ3v) is 6.48. The van der Waals surface area contributed by atoms with Gasteiger partial charge in [-0.25, -0.2) is 4.98 Å². The Morgan fingerprint density at radius 2 is 1.77 bits per heavy atom. The van der Waals surface area contributed by atoms with E-state index in [1.54, 1.807) is 18.4 Å². The molecule has 158 valence electrons. The average Bonchev–Trinajstić information content (AvgIpc) is 3.21. The van der Waals surface area contributed by atoms with Gasteiger partial charge in [0.05, 0.1) is 17.3 Å². The highest BCUT2D eigenvalue weighted by molar-refractivity contribution is 7.22. The molecule has 3 aromatic rings. The quantitative estimate of drug-likeness (QED) is 0.594. The molecule has 6 nitrogen and oxygen atoms in total. The van der Waals surface area contributed by atoms with Crippen LogP contribution in [0.15, 0.2) is 42.5 Å². The number of thiazole rings is 1. The minimum atomic E-state index is 0.0247. The summed E-state index contributed by atoms with van der Waals surface area (Å²) < 4.78 is 12.1. The number of ether oxygens (including phenoxy) is 2.